The van der Waals surface area contributed by atoms with Crippen LogP contribution in [0, 0.1) is 0 Å². The zero-order valence-corrected chi connectivity index (χ0v) is 55.2. The van der Waals surface area contributed by atoms with Gasteiger partial charge in [0.15, 0.2) is 6.10 Å². The molecule has 0 aliphatic carbocycles. The molecular formula is C77H136O6. The van der Waals surface area contributed by atoms with Crippen LogP contribution in [0.1, 0.15) is 367 Å². The van der Waals surface area contributed by atoms with Gasteiger partial charge < -0.3 is 14.2 Å². The van der Waals surface area contributed by atoms with E-state index in [1.165, 1.54) is 212 Å². The van der Waals surface area contributed by atoms with E-state index in [9.17, 15) is 14.4 Å². The third-order valence-corrected chi connectivity index (χ3v) is 15.9. The Balaban J connectivity index is 3.98. The van der Waals surface area contributed by atoms with Crippen molar-refractivity contribution in [3.8, 4) is 0 Å². The van der Waals surface area contributed by atoms with Crippen molar-refractivity contribution in [3.63, 3.8) is 0 Å². The fourth-order valence-electron chi connectivity index (χ4n) is 10.5. The third kappa shape index (κ3) is 69.3. The van der Waals surface area contributed by atoms with Crippen LogP contribution in [0.5, 0.6) is 0 Å². The standard InChI is InChI=1S/C77H136O6/c1-4-7-10-13-15-17-19-21-23-25-27-29-31-33-35-37-38-40-41-43-45-47-49-51-53-55-57-59-61-64-67-70-76(79)82-73-74(72-81-75(78)69-66-63-12-9-6-3)83-77(80)71-68-65-62-60-58-56-54-52-50-48-46-44-42-39-36-34-32-30-28-26-24-22-20-18-16-14-11-8-5-2/h8,11,16,18,22,24,28,30,34,36,42,44,48,50,74H,4-7,9-10,12-15,17,19-21,23,25-27,29,31-33,35,37-41,43,45-47,49,51-73H2,1-3H3/b11-8-,18-16-,24-22-,30-28-,36-34-,44-42-,50-48-. The summed E-state index contributed by atoms with van der Waals surface area (Å²) in [5, 5.41) is 0. The molecule has 83 heavy (non-hydrogen) atoms. The molecule has 0 spiro atoms. The Labute approximate surface area is 515 Å². The molecule has 0 saturated carbocycles. The molecule has 0 heterocycles. The van der Waals surface area contributed by atoms with Crippen molar-refractivity contribution in [1.82, 2.24) is 0 Å². The molecule has 0 aliphatic heterocycles. The molecule has 0 N–H and O–H groups in total. The van der Waals surface area contributed by atoms with Gasteiger partial charge in [-0.05, 0) is 77.0 Å². The average molecular weight is 1160 g/mol. The Bertz CT molecular complexity index is 1570. The van der Waals surface area contributed by atoms with Crippen molar-refractivity contribution in [1.29, 1.82) is 0 Å². The van der Waals surface area contributed by atoms with E-state index in [0.29, 0.717) is 19.3 Å². The highest BCUT2D eigenvalue weighted by atomic mass is 16.6. The fraction of sp³-hybridized carbons (Fsp3) is 0.779. The highest BCUT2D eigenvalue weighted by molar-refractivity contribution is 5.71. The molecule has 0 rings (SSSR count). The van der Waals surface area contributed by atoms with Crippen LogP contribution in [0.4, 0.5) is 0 Å². The molecule has 1 atom stereocenters. The van der Waals surface area contributed by atoms with E-state index in [2.05, 4.69) is 106 Å². The molecule has 480 valence electrons. The van der Waals surface area contributed by atoms with Crippen molar-refractivity contribution in [3.05, 3.63) is 85.1 Å². The molecule has 0 saturated heterocycles. The van der Waals surface area contributed by atoms with Gasteiger partial charge >= 0.3 is 17.9 Å². The molecule has 1 unspecified atom stereocenters. The van der Waals surface area contributed by atoms with E-state index in [0.717, 1.165) is 116 Å². The second-order valence-corrected chi connectivity index (χ2v) is 24.1. The van der Waals surface area contributed by atoms with Crippen LogP contribution in [0.15, 0.2) is 85.1 Å². The highest BCUT2D eigenvalue weighted by Gasteiger charge is 2.19. The molecule has 0 amide bonds. The third-order valence-electron chi connectivity index (χ3n) is 15.9. The lowest BCUT2D eigenvalue weighted by Gasteiger charge is -2.18. The van der Waals surface area contributed by atoms with Crippen molar-refractivity contribution < 1.29 is 28.6 Å². The van der Waals surface area contributed by atoms with Crippen molar-refractivity contribution in [2.75, 3.05) is 13.2 Å². The fourth-order valence-corrected chi connectivity index (χ4v) is 10.5. The number of hydrogen-bond acceptors (Lipinski definition) is 6. The monoisotopic (exact) mass is 1160 g/mol. The predicted molar refractivity (Wildman–Crippen MR) is 362 cm³/mol. The number of hydrogen-bond donors (Lipinski definition) is 0. The second kappa shape index (κ2) is 71.1. The largest absolute Gasteiger partial charge is 0.462 e. The molecule has 0 fully saturated rings. The van der Waals surface area contributed by atoms with E-state index >= 15 is 0 Å². The number of unbranched alkanes of at least 4 members (excludes halogenated alkanes) is 41. The number of allylic oxidation sites excluding steroid dienone is 14. The van der Waals surface area contributed by atoms with Crippen LogP contribution in [0.25, 0.3) is 0 Å². The summed E-state index contributed by atoms with van der Waals surface area (Å²) in [4.78, 5) is 38.0. The molecular weight excluding hydrogens is 1020 g/mol. The van der Waals surface area contributed by atoms with E-state index in [-0.39, 0.29) is 31.1 Å². The number of esters is 3. The lowest BCUT2D eigenvalue weighted by molar-refractivity contribution is -0.167. The molecule has 0 aliphatic rings. The maximum Gasteiger partial charge on any atom is 0.306 e. The quantitative estimate of drug-likeness (QED) is 0.0261. The summed E-state index contributed by atoms with van der Waals surface area (Å²) < 4.78 is 16.8. The van der Waals surface area contributed by atoms with E-state index < -0.39 is 6.10 Å². The zero-order valence-electron chi connectivity index (χ0n) is 55.2. The topological polar surface area (TPSA) is 78.9 Å². The average Bonchev–Trinajstić information content (AvgIpc) is 3.48. The van der Waals surface area contributed by atoms with Crippen LogP contribution in [-0.4, -0.2) is 37.2 Å². The minimum absolute atomic E-state index is 0.0777. The Hall–Kier alpha value is -3.41. The van der Waals surface area contributed by atoms with Crippen molar-refractivity contribution >= 4 is 17.9 Å². The second-order valence-electron chi connectivity index (χ2n) is 24.1. The van der Waals surface area contributed by atoms with Crippen molar-refractivity contribution in [2.45, 2.75) is 374 Å². The van der Waals surface area contributed by atoms with Gasteiger partial charge in [-0.15, -0.1) is 0 Å². The van der Waals surface area contributed by atoms with Gasteiger partial charge in [0.05, 0.1) is 0 Å². The highest BCUT2D eigenvalue weighted by Crippen LogP contribution is 2.18. The first-order chi connectivity index (χ1) is 41.0. The van der Waals surface area contributed by atoms with Crippen LogP contribution < -0.4 is 0 Å². The minimum Gasteiger partial charge on any atom is -0.462 e. The smallest absolute Gasteiger partial charge is 0.306 e. The van der Waals surface area contributed by atoms with Crippen LogP contribution in [0.3, 0.4) is 0 Å². The lowest BCUT2D eigenvalue weighted by atomic mass is 10.0. The summed E-state index contributed by atoms with van der Waals surface area (Å²) in [5.74, 6) is -0.888. The number of rotatable bonds is 66. The summed E-state index contributed by atoms with van der Waals surface area (Å²) in [6.07, 6.45) is 95.4. The van der Waals surface area contributed by atoms with Crippen molar-refractivity contribution in [2.24, 2.45) is 0 Å². The Morgan fingerprint density at radius 2 is 0.470 bits per heavy atom. The molecule has 0 radical (unpaired) electrons. The maximum absolute atomic E-state index is 12.9. The van der Waals surface area contributed by atoms with E-state index in [4.69, 9.17) is 14.2 Å². The van der Waals surface area contributed by atoms with Gasteiger partial charge in [0.2, 0.25) is 0 Å². The van der Waals surface area contributed by atoms with Gasteiger partial charge in [-0.25, -0.2) is 0 Å². The van der Waals surface area contributed by atoms with Crippen LogP contribution in [-0.2, 0) is 28.6 Å². The van der Waals surface area contributed by atoms with E-state index in [1.807, 2.05) is 0 Å². The van der Waals surface area contributed by atoms with Gasteiger partial charge in [0, 0.05) is 19.3 Å². The summed E-state index contributed by atoms with van der Waals surface area (Å²) >= 11 is 0. The van der Waals surface area contributed by atoms with E-state index in [1.54, 1.807) is 0 Å². The summed E-state index contributed by atoms with van der Waals surface area (Å²) in [7, 11) is 0. The predicted octanol–water partition coefficient (Wildman–Crippen LogP) is 25.0. The molecule has 0 aromatic carbocycles. The number of carbonyl (C=O) groups is 3. The molecule has 0 aromatic heterocycles. The molecule has 6 nitrogen and oxygen atoms in total. The first-order valence-corrected chi connectivity index (χ1v) is 36.1. The van der Waals surface area contributed by atoms with Gasteiger partial charge in [0.1, 0.15) is 13.2 Å². The first kappa shape index (κ1) is 79.6. The number of carbonyl (C=O) groups excluding carboxylic acids is 3. The van der Waals surface area contributed by atoms with Gasteiger partial charge in [0.25, 0.3) is 0 Å². The Morgan fingerprint density at radius 3 is 0.735 bits per heavy atom. The first-order valence-electron chi connectivity index (χ1n) is 36.1. The van der Waals surface area contributed by atoms with Crippen LogP contribution >= 0.6 is 0 Å². The Morgan fingerprint density at radius 1 is 0.253 bits per heavy atom. The number of ether oxygens (including phenoxy) is 3. The molecule has 0 bridgehead atoms. The zero-order chi connectivity index (χ0) is 59.9. The van der Waals surface area contributed by atoms with Gasteiger partial charge in [-0.2, -0.15) is 0 Å². The minimum atomic E-state index is -0.779. The summed E-state index contributed by atoms with van der Waals surface area (Å²) in [6.45, 7) is 6.48. The molecule has 6 heteroatoms. The molecule has 0 aromatic rings. The van der Waals surface area contributed by atoms with Gasteiger partial charge in [-0.1, -0.05) is 356 Å². The summed E-state index contributed by atoms with van der Waals surface area (Å²) in [5.41, 5.74) is 0. The summed E-state index contributed by atoms with van der Waals surface area (Å²) in [6, 6.07) is 0. The normalized spacial score (nSPS) is 12.6. The Kier molecular flexibility index (Phi) is 68.2. The van der Waals surface area contributed by atoms with Gasteiger partial charge in [-0.3, -0.25) is 14.4 Å². The lowest BCUT2D eigenvalue weighted by Crippen LogP contribution is -2.30. The SMILES string of the molecule is CC/C=C\C/C=C\C/C=C\C/C=C\C/C=C\C/C=C\C/C=C\CCCCCCCCCC(=O)OC(COC(=O)CCCCCCC)COC(=O)CCCCCCCCCCCCCCCCCCCCCCCCCCCCCCCCC. The maximum atomic E-state index is 12.9. The van der Waals surface area contributed by atoms with Crippen LogP contribution in [0.2, 0.25) is 0 Å².